The highest BCUT2D eigenvalue weighted by molar-refractivity contribution is 6.09. The van der Waals surface area contributed by atoms with Gasteiger partial charge in [-0.3, -0.25) is 4.79 Å². The van der Waals surface area contributed by atoms with Gasteiger partial charge in [-0.15, -0.1) is 0 Å². The zero-order valence-electron chi connectivity index (χ0n) is 16.1. The van der Waals surface area contributed by atoms with Crippen LogP contribution in [0.5, 0.6) is 0 Å². The van der Waals surface area contributed by atoms with Crippen molar-refractivity contribution >= 4 is 39.5 Å². The molecule has 3 rings (SSSR count). The molecule has 0 radical (unpaired) electrons. The van der Waals surface area contributed by atoms with Gasteiger partial charge < -0.3 is 19.9 Å². The minimum atomic E-state index is -0.612. The number of nitrogens with one attached hydrogen (secondary N) is 2. The molecular formula is C21H25N3O3. The van der Waals surface area contributed by atoms with Crippen molar-refractivity contribution in [2.45, 2.75) is 39.8 Å². The molecule has 0 fully saturated rings. The average molecular weight is 367 g/mol. The number of aryl methyl sites for hydroxylation is 1. The summed E-state index contributed by atoms with van der Waals surface area (Å²) in [6, 6.07) is 14.1. The lowest BCUT2D eigenvalue weighted by molar-refractivity contribution is -0.115. The zero-order chi connectivity index (χ0) is 19.6. The molecular weight excluding hydrogens is 342 g/mol. The molecule has 6 heteroatoms. The third-order valence-corrected chi connectivity index (χ3v) is 4.16. The summed E-state index contributed by atoms with van der Waals surface area (Å²) in [6.45, 7) is 8.15. The molecule has 3 aromatic rings. The molecule has 142 valence electrons. The summed E-state index contributed by atoms with van der Waals surface area (Å²) < 4.78 is 7.38. The van der Waals surface area contributed by atoms with E-state index in [1.54, 1.807) is 20.8 Å². The monoisotopic (exact) mass is 367 g/mol. The second kappa shape index (κ2) is 7.31. The van der Waals surface area contributed by atoms with Gasteiger partial charge in [0.25, 0.3) is 0 Å². The summed E-state index contributed by atoms with van der Waals surface area (Å²) in [7, 11) is 0. The van der Waals surface area contributed by atoms with Gasteiger partial charge in [0, 0.05) is 34.0 Å². The Morgan fingerprint density at radius 3 is 2.44 bits per heavy atom. The number of rotatable bonds is 4. The number of aromatic nitrogens is 1. The fourth-order valence-corrected chi connectivity index (χ4v) is 3.14. The van der Waals surface area contributed by atoms with Gasteiger partial charge in [-0.05, 0) is 52.0 Å². The predicted octanol–water partition coefficient (Wildman–Crippen LogP) is 4.28. The maximum absolute atomic E-state index is 12.2. The van der Waals surface area contributed by atoms with Crippen molar-refractivity contribution in [1.82, 2.24) is 9.88 Å². The van der Waals surface area contributed by atoms with Crippen LogP contribution in [0.1, 0.15) is 27.7 Å². The van der Waals surface area contributed by atoms with E-state index in [1.165, 1.54) is 5.52 Å². The van der Waals surface area contributed by atoms with Crippen LogP contribution in [0.25, 0.3) is 21.8 Å². The molecule has 27 heavy (non-hydrogen) atoms. The number of alkyl carbamates (subject to hydrolysis) is 1. The first-order chi connectivity index (χ1) is 12.8. The van der Waals surface area contributed by atoms with Crippen molar-refractivity contribution in [2.24, 2.45) is 0 Å². The number of nitrogens with zero attached hydrogens (tertiary/aromatic N) is 1. The number of hydrogen-bond acceptors (Lipinski definition) is 3. The molecule has 2 aromatic carbocycles. The van der Waals surface area contributed by atoms with E-state index in [0.29, 0.717) is 5.69 Å². The van der Waals surface area contributed by atoms with E-state index >= 15 is 0 Å². The molecule has 0 saturated heterocycles. The highest BCUT2D eigenvalue weighted by atomic mass is 16.6. The molecule has 0 aliphatic rings. The Morgan fingerprint density at radius 1 is 1.04 bits per heavy atom. The third kappa shape index (κ3) is 4.22. The average Bonchev–Trinajstić information content (AvgIpc) is 2.92. The Morgan fingerprint density at radius 2 is 1.74 bits per heavy atom. The van der Waals surface area contributed by atoms with Crippen LogP contribution in [0.4, 0.5) is 10.5 Å². The zero-order valence-corrected chi connectivity index (χ0v) is 16.1. The van der Waals surface area contributed by atoms with Crippen molar-refractivity contribution in [2.75, 3.05) is 11.9 Å². The molecule has 2 amide bonds. The van der Waals surface area contributed by atoms with Gasteiger partial charge in [-0.2, -0.15) is 0 Å². The molecule has 0 atom stereocenters. The van der Waals surface area contributed by atoms with Gasteiger partial charge in [-0.25, -0.2) is 4.79 Å². The quantitative estimate of drug-likeness (QED) is 0.723. The van der Waals surface area contributed by atoms with E-state index in [0.717, 1.165) is 22.8 Å². The van der Waals surface area contributed by atoms with E-state index in [4.69, 9.17) is 4.74 Å². The number of anilines is 1. The Bertz CT molecular complexity index is 999. The lowest BCUT2D eigenvalue weighted by Crippen LogP contribution is -2.37. The smallest absolute Gasteiger partial charge is 0.408 e. The van der Waals surface area contributed by atoms with Crippen LogP contribution < -0.4 is 10.6 Å². The van der Waals surface area contributed by atoms with Crippen LogP contribution in [0.15, 0.2) is 42.5 Å². The number of benzene rings is 2. The van der Waals surface area contributed by atoms with Crippen LogP contribution in [0.3, 0.4) is 0 Å². The van der Waals surface area contributed by atoms with Crippen molar-refractivity contribution in [3.05, 3.63) is 42.5 Å². The van der Waals surface area contributed by atoms with Crippen molar-refractivity contribution in [3.63, 3.8) is 0 Å². The fourth-order valence-electron chi connectivity index (χ4n) is 3.14. The summed E-state index contributed by atoms with van der Waals surface area (Å²) in [6.07, 6.45) is -0.612. The van der Waals surface area contributed by atoms with E-state index in [9.17, 15) is 9.59 Å². The second-order valence-electron chi connectivity index (χ2n) is 7.40. The summed E-state index contributed by atoms with van der Waals surface area (Å²) >= 11 is 0. The third-order valence-electron chi connectivity index (χ3n) is 4.16. The molecule has 1 aromatic heterocycles. The van der Waals surface area contributed by atoms with E-state index < -0.39 is 11.7 Å². The molecule has 0 aliphatic heterocycles. The largest absolute Gasteiger partial charge is 0.444 e. The summed E-state index contributed by atoms with van der Waals surface area (Å²) in [5.41, 5.74) is 2.39. The van der Waals surface area contributed by atoms with E-state index in [1.807, 2.05) is 30.3 Å². The minimum Gasteiger partial charge on any atom is -0.444 e. The van der Waals surface area contributed by atoms with Crippen molar-refractivity contribution in [1.29, 1.82) is 0 Å². The molecule has 0 bridgehead atoms. The highest BCUT2D eigenvalue weighted by Gasteiger charge is 2.17. The molecule has 6 nitrogen and oxygen atoms in total. The van der Waals surface area contributed by atoms with Crippen molar-refractivity contribution in [3.8, 4) is 0 Å². The first kappa shape index (κ1) is 18.8. The van der Waals surface area contributed by atoms with Crippen LogP contribution in [-0.4, -0.2) is 28.7 Å². The van der Waals surface area contributed by atoms with E-state index in [2.05, 4.69) is 34.3 Å². The fraction of sp³-hybridized carbons (Fsp3) is 0.333. The summed E-state index contributed by atoms with van der Waals surface area (Å²) in [5, 5.41) is 7.53. The summed E-state index contributed by atoms with van der Waals surface area (Å²) in [4.78, 5) is 23.8. The van der Waals surface area contributed by atoms with Crippen LogP contribution in [0.2, 0.25) is 0 Å². The van der Waals surface area contributed by atoms with Crippen LogP contribution in [0, 0.1) is 0 Å². The number of amides is 2. The molecule has 0 saturated carbocycles. The van der Waals surface area contributed by atoms with Crippen LogP contribution in [-0.2, 0) is 16.1 Å². The molecule has 0 spiro atoms. The topological polar surface area (TPSA) is 72.4 Å². The number of ether oxygens (including phenoxy) is 1. The van der Waals surface area contributed by atoms with Gasteiger partial charge in [0.1, 0.15) is 12.1 Å². The number of hydrogen-bond donors (Lipinski definition) is 2. The Labute approximate surface area is 158 Å². The standard InChI is InChI=1S/C21H25N3O3/c1-5-24-17-9-7-6-8-15(17)16-12-14(10-11-18(16)24)23-19(25)13-22-20(26)27-21(2,3)4/h6-12H,5,13H2,1-4H3,(H,22,26)(H,23,25). The number of fused-ring (bicyclic) bond motifs is 3. The Kier molecular flexibility index (Phi) is 5.08. The molecule has 1 heterocycles. The Hall–Kier alpha value is -3.02. The second-order valence-corrected chi connectivity index (χ2v) is 7.40. The minimum absolute atomic E-state index is 0.149. The summed E-state index contributed by atoms with van der Waals surface area (Å²) in [5.74, 6) is -0.306. The SMILES string of the molecule is CCn1c2ccccc2c2cc(NC(=O)CNC(=O)OC(C)(C)C)ccc21. The Balaban J connectivity index is 1.75. The lowest BCUT2D eigenvalue weighted by atomic mass is 10.1. The van der Waals surface area contributed by atoms with Gasteiger partial charge in [0.15, 0.2) is 0 Å². The predicted molar refractivity (Wildman–Crippen MR) is 108 cm³/mol. The van der Waals surface area contributed by atoms with Crippen LogP contribution >= 0.6 is 0 Å². The number of para-hydroxylation sites is 1. The van der Waals surface area contributed by atoms with Gasteiger partial charge >= 0.3 is 6.09 Å². The lowest BCUT2D eigenvalue weighted by Gasteiger charge is -2.19. The maximum Gasteiger partial charge on any atom is 0.408 e. The van der Waals surface area contributed by atoms with Gasteiger partial charge in [-0.1, -0.05) is 18.2 Å². The first-order valence-electron chi connectivity index (χ1n) is 9.06. The van der Waals surface area contributed by atoms with Crippen molar-refractivity contribution < 1.29 is 14.3 Å². The molecule has 2 N–H and O–H groups in total. The van der Waals surface area contributed by atoms with E-state index in [-0.39, 0.29) is 12.5 Å². The maximum atomic E-state index is 12.2. The number of carbonyl (C=O) groups excluding carboxylic acids is 2. The van der Waals surface area contributed by atoms with Gasteiger partial charge in [0.05, 0.1) is 0 Å². The van der Waals surface area contributed by atoms with Gasteiger partial charge in [0.2, 0.25) is 5.91 Å². The first-order valence-corrected chi connectivity index (χ1v) is 9.06. The highest BCUT2D eigenvalue weighted by Crippen LogP contribution is 2.30. The normalized spacial score (nSPS) is 11.6. The number of carbonyl (C=O) groups is 2. The molecule has 0 aliphatic carbocycles. The molecule has 0 unspecified atom stereocenters.